The topological polar surface area (TPSA) is 53.4 Å². The van der Waals surface area contributed by atoms with Crippen molar-refractivity contribution in [1.29, 1.82) is 0 Å². The number of anilines is 1. The lowest BCUT2D eigenvalue weighted by Crippen LogP contribution is -2.36. The molecule has 1 heterocycles. The predicted molar refractivity (Wildman–Crippen MR) is 62.2 cm³/mol. The minimum absolute atomic E-state index is 0.601. The molecule has 0 aromatic carbocycles. The molecule has 1 N–H and O–H groups in total. The second-order valence-electron chi connectivity index (χ2n) is 3.39. The smallest absolute Gasteiger partial charge is 0.326 e. The molecule has 4 nitrogen and oxygen atoms in total. The fraction of sp³-hybridized carbons (Fsp3) is 0.400. The van der Waals surface area contributed by atoms with Crippen LogP contribution in [0.15, 0.2) is 16.7 Å². The highest BCUT2D eigenvalue weighted by molar-refractivity contribution is 9.10. The zero-order chi connectivity index (χ0) is 11.6. The third kappa shape index (κ3) is 2.47. The molecule has 0 aliphatic carbocycles. The summed E-state index contributed by atoms with van der Waals surface area (Å²) in [4.78, 5) is 16.6. The number of aryl methyl sites for hydroxylation is 1. The third-order valence-electron chi connectivity index (χ3n) is 2.34. The highest BCUT2D eigenvalue weighted by Crippen LogP contribution is 2.26. The summed E-state index contributed by atoms with van der Waals surface area (Å²) < 4.78 is 0.834. The molecular weight excluding hydrogens is 260 g/mol. The van der Waals surface area contributed by atoms with Crippen molar-refractivity contribution in [3.8, 4) is 0 Å². The molecule has 0 spiro atoms. The van der Waals surface area contributed by atoms with Gasteiger partial charge in [0.2, 0.25) is 0 Å². The molecule has 15 heavy (non-hydrogen) atoms. The van der Waals surface area contributed by atoms with Crippen LogP contribution in [0.2, 0.25) is 0 Å². The van der Waals surface area contributed by atoms with Crippen molar-refractivity contribution < 1.29 is 9.90 Å². The largest absolute Gasteiger partial charge is 0.480 e. The third-order valence-corrected chi connectivity index (χ3v) is 3.32. The van der Waals surface area contributed by atoms with E-state index in [0.29, 0.717) is 5.82 Å². The molecule has 0 aliphatic heterocycles. The van der Waals surface area contributed by atoms with Crippen LogP contribution in [-0.4, -0.2) is 29.1 Å². The van der Waals surface area contributed by atoms with Gasteiger partial charge in [0.05, 0.1) is 4.47 Å². The van der Waals surface area contributed by atoms with Gasteiger partial charge in [0.15, 0.2) is 0 Å². The van der Waals surface area contributed by atoms with E-state index in [-0.39, 0.29) is 0 Å². The second kappa shape index (κ2) is 4.61. The lowest BCUT2D eigenvalue weighted by atomic mass is 10.2. The van der Waals surface area contributed by atoms with Gasteiger partial charge in [0.1, 0.15) is 11.9 Å². The van der Waals surface area contributed by atoms with Gasteiger partial charge in [-0.2, -0.15) is 0 Å². The molecule has 0 saturated heterocycles. The summed E-state index contributed by atoms with van der Waals surface area (Å²) in [5.41, 5.74) is 1.03. The Morgan fingerprint density at radius 1 is 1.67 bits per heavy atom. The average Bonchev–Trinajstić information content (AvgIpc) is 2.20. The molecule has 1 aromatic rings. The van der Waals surface area contributed by atoms with Crippen molar-refractivity contribution >= 4 is 27.7 Å². The number of rotatable bonds is 3. The Morgan fingerprint density at radius 2 is 2.27 bits per heavy atom. The number of aromatic nitrogens is 1. The minimum Gasteiger partial charge on any atom is -0.480 e. The van der Waals surface area contributed by atoms with Gasteiger partial charge in [-0.15, -0.1) is 0 Å². The SMILES string of the molecule is Cc1ccnc(N(C)C(C)C(=O)O)c1Br. The maximum absolute atomic E-state index is 10.8. The Bertz CT molecular complexity index is 382. The van der Waals surface area contributed by atoms with E-state index in [1.165, 1.54) is 0 Å². The zero-order valence-corrected chi connectivity index (χ0v) is 10.4. The number of hydrogen-bond acceptors (Lipinski definition) is 3. The number of carboxylic acid groups (broad SMARTS) is 1. The van der Waals surface area contributed by atoms with Gasteiger partial charge in [-0.25, -0.2) is 9.78 Å². The first-order chi connectivity index (χ1) is 6.95. The molecule has 1 atom stereocenters. The molecule has 0 amide bonds. The van der Waals surface area contributed by atoms with Crippen LogP contribution < -0.4 is 4.90 Å². The van der Waals surface area contributed by atoms with Crippen LogP contribution in [0, 0.1) is 6.92 Å². The molecule has 0 radical (unpaired) electrons. The van der Waals surface area contributed by atoms with E-state index in [1.807, 2.05) is 13.0 Å². The summed E-state index contributed by atoms with van der Waals surface area (Å²) in [6, 6.07) is 1.27. The summed E-state index contributed by atoms with van der Waals surface area (Å²) >= 11 is 3.40. The average molecular weight is 273 g/mol. The Morgan fingerprint density at radius 3 is 2.80 bits per heavy atom. The van der Waals surface area contributed by atoms with Gasteiger partial charge in [0.25, 0.3) is 0 Å². The van der Waals surface area contributed by atoms with E-state index < -0.39 is 12.0 Å². The van der Waals surface area contributed by atoms with Gasteiger partial charge in [0, 0.05) is 13.2 Å². The van der Waals surface area contributed by atoms with Crippen LogP contribution in [-0.2, 0) is 4.79 Å². The first-order valence-electron chi connectivity index (χ1n) is 4.52. The number of hydrogen-bond donors (Lipinski definition) is 1. The van der Waals surface area contributed by atoms with Crippen molar-refractivity contribution in [3.05, 3.63) is 22.3 Å². The summed E-state index contributed by atoms with van der Waals surface area (Å²) in [6.07, 6.45) is 1.67. The quantitative estimate of drug-likeness (QED) is 0.915. The normalized spacial score (nSPS) is 12.3. The molecule has 0 aliphatic rings. The first kappa shape index (κ1) is 12.0. The molecule has 0 fully saturated rings. The Hall–Kier alpha value is -1.10. The number of aliphatic carboxylic acids is 1. The maximum atomic E-state index is 10.8. The number of carboxylic acids is 1. The Kier molecular flexibility index (Phi) is 3.68. The van der Waals surface area contributed by atoms with Crippen LogP contribution >= 0.6 is 15.9 Å². The van der Waals surface area contributed by atoms with Gasteiger partial charge >= 0.3 is 5.97 Å². The number of halogens is 1. The van der Waals surface area contributed by atoms with Gasteiger partial charge in [-0.3, -0.25) is 0 Å². The van der Waals surface area contributed by atoms with Crippen LogP contribution in [0.4, 0.5) is 5.82 Å². The molecule has 82 valence electrons. The lowest BCUT2D eigenvalue weighted by molar-refractivity contribution is -0.138. The molecule has 0 bridgehead atoms. The van der Waals surface area contributed by atoms with E-state index in [2.05, 4.69) is 20.9 Å². The standard InChI is InChI=1S/C10H13BrN2O2/c1-6-4-5-12-9(8(6)11)13(3)7(2)10(14)15/h4-5,7H,1-3H3,(H,14,15). The van der Waals surface area contributed by atoms with Crippen molar-refractivity contribution in [1.82, 2.24) is 4.98 Å². The van der Waals surface area contributed by atoms with E-state index in [4.69, 9.17) is 5.11 Å². The Balaban J connectivity index is 3.06. The lowest BCUT2D eigenvalue weighted by Gasteiger charge is -2.23. The number of nitrogens with zero attached hydrogens (tertiary/aromatic N) is 2. The zero-order valence-electron chi connectivity index (χ0n) is 8.86. The van der Waals surface area contributed by atoms with Crippen LogP contribution in [0.25, 0.3) is 0 Å². The van der Waals surface area contributed by atoms with Crippen LogP contribution in [0.5, 0.6) is 0 Å². The summed E-state index contributed by atoms with van der Waals surface area (Å²) in [7, 11) is 1.71. The van der Waals surface area contributed by atoms with E-state index in [1.54, 1.807) is 25.1 Å². The predicted octanol–water partition coefficient (Wildman–Crippen LogP) is 2.06. The van der Waals surface area contributed by atoms with E-state index in [0.717, 1.165) is 10.0 Å². The van der Waals surface area contributed by atoms with Crippen molar-refractivity contribution in [2.45, 2.75) is 19.9 Å². The fourth-order valence-electron chi connectivity index (χ4n) is 1.12. The second-order valence-corrected chi connectivity index (χ2v) is 4.18. The first-order valence-corrected chi connectivity index (χ1v) is 5.31. The molecule has 5 heteroatoms. The molecule has 1 unspecified atom stereocenters. The highest BCUT2D eigenvalue weighted by atomic mass is 79.9. The Labute approximate surface area is 97.1 Å². The van der Waals surface area contributed by atoms with Crippen molar-refractivity contribution in [3.63, 3.8) is 0 Å². The summed E-state index contributed by atoms with van der Waals surface area (Å²) in [6.45, 7) is 3.56. The van der Waals surface area contributed by atoms with Crippen molar-refractivity contribution in [2.75, 3.05) is 11.9 Å². The van der Waals surface area contributed by atoms with Gasteiger partial charge < -0.3 is 10.0 Å². The summed E-state index contributed by atoms with van der Waals surface area (Å²) in [5.74, 6) is -0.224. The van der Waals surface area contributed by atoms with Crippen molar-refractivity contribution in [2.24, 2.45) is 0 Å². The number of likely N-dealkylation sites (N-methyl/N-ethyl adjacent to an activating group) is 1. The summed E-state index contributed by atoms with van der Waals surface area (Å²) in [5, 5.41) is 8.89. The molecule has 1 aromatic heterocycles. The maximum Gasteiger partial charge on any atom is 0.326 e. The monoisotopic (exact) mass is 272 g/mol. The number of carbonyl (C=O) groups is 1. The van der Waals surface area contributed by atoms with Crippen LogP contribution in [0.1, 0.15) is 12.5 Å². The number of pyridine rings is 1. The highest BCUT2D eigenvalue weighted by Gasteiger charge is 2.20. The molecule has 0 saturated carbocycles. The van der Waals surface area contributed by atoms with Crippen LogP contribution in [0.3, 0.4) is 0 Å². The van der Waals surface area contributed by atoms with Gasteiger partial charge in [-0.05, 0) is 41.4 Å². The van der Waals surface area contributed by atoms with Gasteiger partial charge in [-0.1, -0.05) is 0 Å². The fourth-order valence-corrected chi connectivity index (χ4v) is 1.64. The van der Waals surface area contributed by atoms with E-state index in [9.17, 15) is 4.79 Å². The van der Waals surface area contributed by atoms with E-state index >= 15 is 0 Å². The minimum atomic E-state index is -0.868. The molecule has 1 rings (SSSR count). The molecular formula is C10H13BrN2O2.